The lowest BCUT2D eigenvalue weighted by Crippen LogP contribution is -2.41. The fourth-order valence-corrected chi connectivity index (χ4v) is 4.59. The number of nitrogens with zero attached hydrogens (tertiary/aromatic N) is 2. The molecule has 3 aromatic rings. The number of anilines is 1. The second-order valence-corrected chi connectivity index (χ2v) is 8.85. The number of aromatic amines is 1. The van der Waals surface area contributed by atoms with E-state index >= 15 is 0 Å². The summed E-state index contributed by atoms with van der Waals surface area (Å²) < 4.78 is 14.9. The standard InChI is InChI=1S/C25H25FN4O6/c1-12-27-20-9-13-3-7-21(16(13)11-17(20)24(34)28-12)30(2)14-4-5-15(18(26)10-14)23(33)29-19(25(35)36)6-8-22(31)32/h4-5,9-11,19,21H,3,6-8H2,1-2H3,(H,29,33)(H,31,32)(H,35,36)(H,27,28,34)/t19-,21?/m0/s1. The van der Waals surface area contributed by atoms with Gasteiger partial charge in [-0.3, -0.25) is 14.4 Å². The summed E-state index contributed by atoms with van der Waals surface area (Å²) in [7, 11) is 1.79. The quantitative estimate of drug-likeness (QED) is 0.371. The molecule has 1 aliphatic rings. The molecule has 2 atom stereocenters. The van der Waals surface area contributed by atoms with Crippen LogP contribution in [0.4, 0.5) is 10.1 Å². The Hall–Kier alpha value is -4.28. The van der Waals surface area contributed by atoms with Crippen LogP contribution in [0.3, 0.4) is 0 Å². The van der Waals surface area contributed by atoms with E-state index in [0.29, 0.717) is 22.4 Å². The van der Waals surface area contributed by atoms with E-state index in [1.54, 1.807) is 20.0 Å². The SMILES string of the molecule is Cc1nc2cc3c(cc2c(=O)[nH]1)C(N(C)c1ccc(C(=O)N[C@@H](CCC(=O)O)C(=O)O)c(F)c1)CC3. The van der Waals surface area contributed by atoms with Crippen molar-refractivity contribution in [1.82, 2.24) is 15.3 Å². The lowest BCUT2D eigenvalue weighted by molar-refractivity contribution is -0.140. The molecule has 4 rings (SSSR count). The number of fused-ring (bicyclic) bond motifs is 2. The molecule has 4 N–H and O–H groups in total. The first kappa shape index (κ1) is 24.8. The summed E-state index contributed by atoms with van der Waals surface area (Å²) in [4.78, 5) is 56.0. The maximum absolute atomic E-state index is 14.9. The minimum absolute atomic E-state index is 0.128. The van der Waals surface area contributed by atoms with Crippen LogP contribution in [0.1, 0.15) is 52.6 Å². The van der Waals surface area contributed by atoms with Crippen molar-refractivity contribution < 1.29 is 29.0 Å². The number of amides is 1. The predicted molar refractivity (Wildman–Crippen MR) is 129 cm³/mol. The number of carboxylic acids is 2. The van der Waals surface area contributed by atoms with Gasteiger partial charge in [-0.1, -0.05) is 0 Å². The zero-order valence-electron chi connectivity index (χ0n) is 19.7. The van der Waals surface area contributed by atoms with Crippen LogP contribution < -0.4 is 15.8 Å². The summed E-state index contributed by atoms with van der Waals surface area (Å²) in [6, 6.07) is 6.17. The molecule has 10 nitrogen and oxygen atoms in total. The van der Waals surface area contributed by atoms with Gasteiger partial charge in [0.25, 0.3) is 11.5 Å². The van der Waals surface area contributed by atoms with Crippen molar-refractivity contribution in [3.8, 4) is 0 Å². The van der Waals surface area contributed by atoms with E-state index in [0.717, 1.165) is 24.0 Å². The molecule has 1 heterocycles. The Morgan fingerprint density at radius 3 is 2.67 bits per heavy atom. The van der Waals surface area contributed by atoms with Crippen molar-refractivity contribution >= 4 is 34.4 Å². The Kier molecular flexibility index (Phi) is 6.73. The Bertz CT molecular complexity index is 1440. The van der Waals surface area contributed by atoms with Gasteiger partial charge in [0.2, 0.25) is 0 Å². The molecule has 0 bridgehead atoms. The van der Waals surface area contributed by atoms with Gasteiger partial charge in [-0.15, -0.1) is 0 Å². The highest BCUT2D eigenvalue weighted by Gasteiger charge is 2.29. The number of halogens is 1. The van der Waals surface area contributed by atoms with E-state index in [2.05, 4.69) is 15.3 Å². The summed E-state index contributed by atoms with van der Waals surface area (Å²) in [6.07, 6.45) is 0.728. The van der Waals surface area contributed by atoms with Crippen molar-refractivity contribution in [2.24, 2.45) is 0 Å². The summed E-state index contributed by atoms with van der Waals surface area (Å²) in [5.74, 6) is -3.86. The number of aromatic nitrogens is 2. The summed E-state index contributed by atoms with van der Waals surface area (Å²) in [5, 5.41) is 20.7. The smallest absolute Gasteiger partial charge is 0.326 e. The number of nitrogens with one attached hydrogen (secondary N) is 2. The van der Waals surface area contributed by atoms with E-state index in [9.17, 15) is 28.7 Å². The van der Waals surface area contributed by atoms with Gasteiger partial charge < -0.3 is 25.4 Å². The topological polar surface area (TPSA) is 153 Å². The fourth-order valence-electron chi connectivity index (χ4n) is 4.59. The molecule has 1 aliphatic carbocycles. The Morgan fingerprint density at radius 1 is 1.25 bits per heavy atom. The molecular formula is C25H25FN4O6. The first-order valence-electron chi connectivity index (χ1n) is 11.4. The van der Waals surface area contributed by atoms with Crippen LogP contribution in [0.15, 0.2) is 35.1 Å². The average Bonchev–Trinajstić information content (AvgIpc) is 3.22. The minimum atomic E-state index is -1.46. The second kappa shape index (κ2) is 9.76. The molecule has 0 radical (unpaired) electrons. The molecule has 1 unspecified atom stereocenters. The van der Waals surface area contributed by atoms with Crippen molar-refractivity contribution in [3.63, 3.8) is 0 Å². The zero-order valence-corrected chi connectivity index (χ0v) is 19.7. The summed E-state index contributed by atoms with van der Waals surface area (Å²) >= 11 is 0. The Labute approximate surface area is 204 Å². The van der Waals surface area contributed by atoms with Gasteiger partial charge in [-0.2, -0.15) is 0 Å². The molecule has 36 heavy (non-hydrogen) atoms. The molecule has 0 saturated carbocycles. The van der Waals surface area contributed by atoms with Crippen LogP contribution in [0, 0.1) is 12.7 Å². The molecule has 1 amide bonds. The zero-order chi connectivity index (χ0) is 26.1. The minimum Gasteiger partial charge on any atom is -0.481 e. The number of aliphatic carboxylic acids is 2. The average molecular weight is 496 g/mol. The van der Waals surface area contributed by atoms with Crippen LogP contribution in [-0.2, 0) is 16.0 Å². The Morgan fingerprint density at radius 2 is 2.00 bits per heavy atom. The van der Waals surface area contributed by atoms with E-state index in [1.165, 1.54) is 12.1 Å². The molecule has 0 saturated heterocycles. The van der Waals surface area contributed by atoms with Crippen LogP contribution in [0.5, 0.6) is 0 Å². The van der Waals surface area contributed by atoms with Gasteiger partial charge in [0.05, 0.1) is 22.5 Å². The lowest BCUT2D eigenvalue weighted by Gasteiger charge is -2.28. The van der Waals surface area contributed by atoms with Crippen molar-refractivity contribution in [2.45, 2.75) is 44.7 Å². The van der Waals surface area contributed by atoms with E-state index in [4.69, 9.17) is 5.11 Å². The van der Waals surface area contributed by atoms with Crippen molar-refractivity contribution in [1.29, 1.82) is 0 Å². The molecule has 11 heteroatoms. The molecular weight excluding hydrogens is 471 g/mol. The van der Waals surface area contributed by atoms with Crippen LogP contribution >= 0.6 is 0 Å². The Balaban J connectivity index is 1.56. The number of carbonyl (C=O) groups excluding carboxylic acids is 1. The fraction of sp³-hybridized carbons (Fsp3) is 0.320. The second-order valence-electron chi connectivity index (χ2n) is 8.85. The molecule has 1 aromatic heterocycles. The van der Waals surface area contributed by atoms with Crippen LogP contribution in [-0.4, -0.2) is 51.1 Å². The third-order valence-electron chi connectivity index (χ3n) is 6.45. The summed E-state index contributed by atoms with van der Waals surface area (Å²) in [5.41, 5.74) is 2.57. The molecule has 2 aromatic carbocycles. The highest BCUT2D eigenvalue weighted by molar-refractivity contribution is 5.97. The van der Waals surface area contributed by atoms with Crippen LogP contribution in [0.25, 0.3) is 10.9 Å². The molecule has 0 spiro atoms. The molecule has 0 aliphatic heterocycles. The van der Waals surface area contributed by atoms with E-state index < -0.39 is 36.1 Å². The number of hydrogen-bond donors (Lipinski definition) is 4. The maximum atomic E-state index is 14.9. The number of aryl methyl sites for hydroxylation is 2. The highest BCUT2D eigenvalue weighted by Crippen LogP contribution is 2.39. The number of benzene rings is 2. The molecule has 188 valence electrons. The number of carboxylic acid groups (broad SMARTS) is 2. The number of H-pyrrole nitrogens is 1. The number of carbonyl (C=O) groups is 3. The first-order valence-corrected chi connectivity index (χ1v) is 11.4. The van der Waals surface area contributed by atoms with Gasteiger partial charge in [0, 0.05) is 19.2 Å². The maximum Gasteiger partial charge on any atom is 0.326 e. The van der Waals surface area contributed by atoms with Crippen LogP contribution in [0.2, 0.25) is 0 Å². The monoisotopic (exact) mass is 496 g/mol. The predicted octanol–water partition coefficient (Wildman–Crippen LogP) is 2.54. The molecule has 0 fully saturated rings. The third-order valence-corrected chi connectivity index (χ3v) is 6.45. The van der Waals surface area contributed by atoms with Gasteiger partial charge in [-0.05, 0) is 67.6 Å². The van der Waals surface area contributed by atoms with E-state index in [-0.39, 0.29) is 23.6 Å². The number of rotatable bonds is 8. The largest absolute Gasteiger partial charge is 0.481 e. The lowest BCUT2D eigenvalue weighted by atomic mass is 10.0. The van der Waals surface area contributed by atoms with Gasteiger partial charge in [0.1, 0.15) is 17.7 Å². The van der Waals surface area contributed by atoms with Crippen molar-refractivity contribution in [3.05, 3.63) is 69.0 Å². The van der Waals surface area contributed by atoms with Gasteiger partial charge >= 0.3 is 11.9 Å². The van der Waals surface area contributed by atoms with Gasteiger partial charge in [0.15, 0.2) is 0 Å². The first-order chi connectivity index (χ1) is 17.0. The highest BCUT2D eigenvalue weighted by atomic mass is 19.1. The van der Waals surface area contributed by atoms with E-state index in [1.807, 2.05) is 17.0 Å². The summed E-state index contributed by atoms with van der Waals surface area (Å²) in [6.45, 7) is 1.72. The third kappa shape index (κ3) is 4.90. The van der Waals surface area contributed by atoms with Gasteiger partial charge in [-0.25, -0.2) is 14.2 Å². The van der Waals surface area contributed by atoms with Crippen molar-refractivity contribution in [2.75, 3.05) is 11.9 Å². The normalized spacial score (nSPS) is 15.4. The number of hydrogen-bond acceptors (Lipinski definition) is 6.